The minimum absolute atomic E-state index is 0.258. The number of nitrogens with one attached hydrogen (secondary N) is 2. The maximum Gasteiger partial charge on any atom is 0.337 e. The van der Waals surface area contributed by atoms with E-state index in [4.69, 9.17) is 9.47 Å². The van der Waals surface area contributed by atoms with Gasteiger partial charge in [-0.2, -0.15) is 0 Å². The van der Waals surface area contributed by atoms with Crippen molar-refractivity contribution < 1.29 is 23.9 Å². The molecule has 114 valence electrons. The van der Waals surface area contributed by atoms with Crippen molar-refractivity contribution in [3.63, 3.8) is 0 Å². The van der Waals surface area contributed by atoms with Gasteiger partial charge in [0.2, 0.25) is 5.91 Å². The Labute approximate surface area is 122 Å². The first kappa shape index (κ1) is 16.5. The molecule has 0 bridgehead atoms. The van der Waals surface area contributed by atoms with Crippen molar-refractivity contribution in [2.45, 2.75) is 33.6 Å². The van der Waals surface area contributed by atoms with Crippen LogP contribution in [-0.4, -0.2) is 23.8 Å². The van der Waals surface area contributed by atoms with Gasteiger partial charge in [-0.05, 0) is 12.1 Å². The van der Waals surface area contributed by atoms with Gasteiger partial charge in [0.1, 0.15) is 0 Å². The molecule has 0 aromatic heterocycles. The maximum absolute atomic E-state index is 11.2. The molecule has 1 amide bonds. The molecule has 0 aliphatic carbocycles. The lowest BCUT2D eigenvalue weighted by molar-refractivity contribution is -0.209. The molecule has 0 aliphatic rings. The lowest BCUT2D eigenvalue weighted by Crippen LogP contribution is -2.43. The van der Waals surface area contributed by atoms with E-state index in [9.17, 15) is 14.4 Å². The molecule has 1 aromatic carbocycles. The van der Waals surface area contributed by atoms with Gasteiger partial charge in [-0.25, -0.2) is 0 Å². The van der Waals surface area contributed by atoms with E-state index in [1.807, 2.05) is 0 Å². The summed E-state index contributed by atoms with van der Waals surface area (Å²) in [7, 11) is 0. The summed E-state index contributed by atoms with van der Waals surface area (Å²) >= 11 is 0. The zero-order valence-corrected chi connectivity index (χ0v) is 12.4. The molecule has 0 saturated carbocycles. The first-order chi connectivity index (χ1) is 9.72. The summed E-state index contributed by atoms with van der Waals surface area (Å²) in [5.41, 5.74) is 0.910. The van der Waals surface area contributed by atoms with Gasteiger partial charge in [-0.3, -0.25) is 14.4 Å². The van der Waals surface area contributed by atoms with Crippen LogP contribution >= 0.6 is 0 Å². The standard InChI is InChI=1S/C14H18N2O5/c1-9(17)15-12-7-5-6-8-13(12)16-14(4,20-10(2)18)21-11(3)19/h5-8,16H,1-4H3,(H,15,17). The number of carbonyl (C=O) groups is 3. The highest BCUT2D eigenvalue weighted by Crippen LogP contribution is 2.26. The summed E-state index contributed by atoms with van der Waals surface area (Å²) in [5, 5.41) is 5.41. The second-order valence-electron chi connectivity index (χ2n) is 4.48. The van der Waals surface area contributed by atoms with E-state index in [-0.39, 0.29) is 5.91 Å². The van der Waals surface area contributed by atoms with Crippen molar-refractivity contribution >= 4 is 29.2 Å². The van der Waals surface area contributed by atoms with Crippen LogP contribution in [-0.2, 0) is 23.9 Å². The Morgan fingerprint density at radius 3 is 1.86 bits per heavy atom. The summed E-state index contributed by atoms with van der Waals surface area (Å²) in [5.74, 6) is -3.18. The van der Waals surface area contributed by atoms with Crippen LogP contribution in [0, 0.1) is 0 Å². The number of ether oxygens (including phenoxy) is 2. The predicted octanol–water partition coefficient (Wildman–Crippen LogP) is 1.86. The van der Waals surface area contributed by atoms with Gasteiger partial charge in [0.05, 0.1) is 11.4 Å². The van der Waals surface area contributed by atoms with E-state index in [2.05, 4.69) is 10.6 Å². The largest absolute Gasteiger partial charge is 0.404 e. The molecule has 0 radical (unpaired) electrons. The Morgan fingerprint density at radius 1 is 0.952 bits per heavy atom. The molecule has 0 fully saturated rings. The lowest BCUT2D eigenvalue weighted by Gasteiger charge is -2.30. The van der Waals surface area contributed by atoms with E-state index >= 15 is 0 Å². The molecular formula is C14H18N2O5. The third kappa shape index (κ3) is 5.52. The molecule has 7 nitrogen and oxygen atoms in total. The second-order valence-corrected chi connectivity index (χ2v) is 4.48. The minimum atomic E-state index is -1.67. The smallest absolute Gasteiger partial charge is 0.337 e. The highest BCUT2D eigenvalue weighted by Gasteiger charge is 2.32. The van der Waals surface area contributed by atoms with Gasteiger partial charge >= 0.3 is 17.8 Å². The Hall–Kier alpha value is -2.57. The number of hydrogen-bond donors (Lipinski definition) is 2. The van der Waals surface area contributed by atoms with Crippen LogP contribution in [0.15, 0.2) is 24.3 Å². The van der Waals surface area contributed by atoms with Crippen LogP contribution in [0.1, 0.15) is 27.7 Å². The molecule has 0 spiro atoms. The van der Waals surface area contributed by atoms with Crippen LogP contribution < -0.4 is 10.6 Å². The third-order valence-corrected chi connectivity index (χ3v) is 2.28. The summed E-state index contributed by atoms with van der Waals surface area (Å²) in [6.07, 6.45) is 0. The van der Waals surface area contributed by atoms with Gasteiger partial charge in [0.25, 0.3) is 0 Å². The van der Waals surface area contributed by atoms with Gasteiger partial charge < -0.3 is 20.1 Å². The maximum atomic E-state index is 11.2. The molecular weight excluding hydrogens is 276 g/mol. The topological polar surface area (TPSA) is 93.7 Å². The Bertz CT molecular complexity index is 540. The fraction of sp³-hybridized carbons (Fsp3) is 0.357. The van der Waals surface area contributed by atoms with Gasteiger partial charge in [0.15, 0.2) is 0 Å². The summed E-state index contributed by atoms with van der Waals surface area (Å²) < 4.78 is 10.0. The number of rotatable bonds is 5. The molecule has 0 aliphatic heterocycles. The summed E-state index contributed by atoms with van der Waals surface area (Å²) in [6.45, 7) is 5.15. The molecule has 1 rings (SSSR count). The third-order valence-electron chi connectivity index (χ3n) is 2.28. The number of para-hydroxylation sites is 2. The van der Waals surface area contributed by atoms with Gasteiger partial charge in [-0.15, -0.1) is 0 Å². The van der Waals surface area contributed by atoms with E-state index in [0.29, 0.717) is 11.4 Å². The highest BCUT2D eigenvalue weighted by molar-refractivity contribution is 5.92. The predicted molar refractivity (Wildman–Crippen MR) is 76.3 cm³/mol. The van der Waals surface area contributed by atoms with Crippen molar-refractivity contribution in [1.29, 1.82) is 0 Å². The molecule has 1 aromatic rings. The van der Waals surface area contributed by atoms with Gasteiger partial charge in [-0.1, -0.05) is 12.1 Å². The number of amides is 1. The first-order valence-electron chi connectivity index (χ1n) is 6.26. The van der Waals surface area contributed by atoms with Crippen LogP contribution in [0.5, 0.6) is 0 Å². The fourth-order valence-corrected chi connectivity index (χ4v) is 1.76. The number of carbonyl (C=O) groups excluding carboxylic acids is 3. The number of hydrogen-bond acceptors (Lipinski definition) is 6. The van der Waals surface area contributed by atoms with E-state index in [1.165, 1.54) is 27.7 Å². The molecule has 2 N–H and O–H groups in total. The Kier molecular flexibility index (Phi) is 5.29. The van der Waals surface area contributed by atoms with Crippen molar-refractivity contribution in [3.8, 4) is 0 Å². The minimum Gasteiger partial charge on any atom is -0.404 e. The highest BCUT2D eigenvalue weighted by atomic mass is 16.7. The van der Waals surface area contributed by atoms with Crippen LogP contribution in [0.4, 0.5) is 11.4 Å². The summed E-state index contributed by atoms with van der Waals surface area (Å²) in [6, 6.07) is 6.75. The number of benzene rings is 1. The monoisotopic (exact) mass is 294 g/mol. The lowest BCUT2D eigenvalue weighted by atomic mass is 10.2. The van der Waals surface area contributed by atoms with E-state index in [0.717, 1.165) is 0 Å². The Balaban J connectivity index is 3.05. The zero-order valence-electron chi connectivity index (χ0n) is 12.4. The Morgan fingerprint density at radius 2 is 1.43 bits per heavy atom. The normalized spacial score (nSPS) is 10.5. The van der Waals surface area contributed by atoms with E-state index in [1.54, 1.807) is 24.3 Å². The summed E-state index contributed by atoms with van der Waals surface area (Å²) in [4.78, 5) is 33.5. The average molecular weight is 294 g/mol. The van der Waals surface area contributed by atoms with Gasteiger partial charge in [0, 0.05) is 27.7 Å². The molecule has 0 heterocycles. The molecule has 0 atom stereocenters. The molecule has 7 heteroatoms. The van der Waals surface area contributed by atoms with Crippen molar-refractivity contribution in [2.24, 2.45) is 0 Å². The van der Waals surface area contributed by atoms with Crippen molar-refractivity contribution in [1.82, 2.24) is 0 Å². The zero-order chi connectivity index (χ0) is 16.0. The second kappa shape index (κ2) is 6.74. The van der Waals surface area contributed by atoms with Crippen molar-refractivity contribution in [3.05, 3.63) is 24.3 Å². The quantitative estimate of drug-likeness (QED) is 0.636. The number of esters is 2. The van der Waals surface area contributed by atoms with E-state index < -0.39 is 17.8 Å². The number of anilines is 2. The van der Waals surface area contributed by atoms with Crippen LogP contribution in [0.2, 0.25) is 0 Å². The first-order valence-corrected chi connectivity index (χ1v) is 6.26. The average Bonchev–Trinajstić information content (AvgIpc) is 2.28. The van der Waals surface area contributed by atoms with Crippen LogP contribution in [0.25, 0.3) is 0 Å². The van der Waals surface area contributed by atoms with Crippen LogP contribution in [0.3, 0.4) is 0 Å². The fourth-order valence-electron chi connectivity index (χ4n) is 1.76. The van der Waals surface area contributed by atoms with Crippen molar-refractivity contribution in [2.75, 3.05) is 10.6 Å². The SMILES string of the molecule is CC(=O)Nc1ccccc1NC(C)(OC(C)=O)OC(C)=O. The molecule has 21 heavy (non-hydrogen) atoms. The molecule has 0 saturated heterocycles. The molecule has 0 unspecified atom stereocenters.